The van der Waals surface area contributed by atoms with Crippen LogP contribution in [-0.2, 0) is 11.3 Å². The van der Waals surface area contributed by atoms with Crippen LogP contribution in [0.5, 0.6) is 5.88 Å². The Kier molecular flexibility index (Phi) is 5.09. The molecule has 3 N–H and O–H groups in total. The van der Waals surface area contributed by atoms with E-state index in [1.54, 1.807) is 19.4 Å². The number of hydrogen-bond acceptors (Lipinski definition) is 4. The molecule has 0 aromatic carbocycles. The number of pyridine rings is 1. The number of methoxy groups -OCH3 is 1. The van der Waals surface area contributed by atoms with Gasteiger partial charge in [0.15, 0.2) is 0 Å². The van der Waals surface area contributed by atoms with Crippen molar-refractivity contribution in [3.8, 4) is 5.88 Å². The van der Waals surface area contributed by atoms with Crippen molar-refractivity contribution in [3.63, 3.8) is 0 Å². The maximum atomic E-state index is 12.0. The van der Waals surface area contributed by atoms with Crippen molar-refractivity contribution in [3.05, 3.63) is 23.9 Å². The number of nitrogens with one attached hydrogen (secondary N) is 1. The highest BCUT2D eigenvalue weighted by Gasteiger charge is 2.29. The molecule has 0 radical (unpaired) electrons. The van der Waals surface area contributed by atoms with Gasteiger partial charge in [0.25, 0.3) is 0 Å². The van der Waals surface area contributed by atoms with Gasteiger partial charge >= 0.3 is 0 Å². The summed E-state index contributed by atoms with van der Waals surface area (Å²) in [6, 6.07) is 3.64. The summed E-state index contributed by atoms with van der Waals surface area (Å²) in [5, 5.41) is 2.89. The molecule has 0 spiro atoms. The minimum absolute atomic E-state index is 0.0247. The van der Waals surface area contributed by atoms with Crippen LogP contribution in [0.1, 0.15) is 25.8 Å². The largest absolute Gasteiger partial charge is 0.481 e. The van der Waals surface area contributed by atoms with Gasteiger partial charge in [-0.2, -0.15) is 0 Å². The lowest BCUT2D eigenvalue weighted by Crippen LogP contribution is -2.43. The van der Waals surface area contributed by atoms with Crippen molar-refractivity contribution in [2.24, 2.45) is 11.1 Å². The predicted molar refractivity (Wildman–Crippen MR) is 70.1 cm³/mol. The average molecular weight is 251 g/mol. The molecule has 0 aliphatic carbocycles. The Hall–Kier alpha value is -1.62. The first-order valence-corrected chi connectivity index (χ1v) is 6.03. The van der Waals surface area contributed by atoms with E-state index in [1.807, 2.05) is 19.9 Å². The van der Waals surface area contributed by atoms with Crippen molar-refractivity contribution in [2.75, 3.05) is 13.7 Å². The average Bonchev–Trinajstić information content (AvgIpc) is 2.43. The van der Waals surface area contributed by atoms with Crippen molar-refractivity contribution in [1.29, 1.82) is 0 Å². The molecule has 18 heavy (non-hydrogen) atoms. The lowest BCUT2D eigenvalue weighted by Gasteiger charge is -2.24. The summed E-state index contributed by atoms with van der Waals surface area (Å²) in [7, 11) is 1.56. The minimum Gasteiger partial charge on any atom is -0.481 e. The number of nitrogens with two attached hydrogens (primary N) is 1. The fraction of sp³-hybridized carbons (Fsp3) is 0.538. The number of nitrogens with zero attached hydrogens (tertiary/aromatic N) is 1. The molecule has 0 aliphatic heterocycles. The second-order valence-electron chi connectivity index (χ2n) is 4.51. The molecular weight excluding hydrogens is 230 g/mol. The smallest absolute Gasteiger partial charge is 0.227 e. The zero-order valence-electron chi connectivity index (χ0n) is 11.2. The first-order valence-electron chi connectivity index (χ1n) is 6.03. The number of carbonyl (C=O) groups excluding carboxylic acids is 1. The third kappa shape index (κ3) is 3.43. The second-order valence-corrected chi connectivity index (χ2v) is 4.51. The number of carbonyl (C=O) groups is 1. The summed E-state index contributed by atoms with van der Waals surface area (Å²) in [5.41, 5.74) is 6.09. The van der Waals surface area contributed by atoms with Crippen molar-refractivity contribution >= 4 is 5.91 Å². The molecule has 1 atom stereocenters. The molecule has 5 nitrogen and oxygen atoms in total. The quantitative estimate of drug-likeness (QED) is 0.793. The zero-order chi connectivity index (χ0) is 13.6. The Morgan fingerprint density at radius 3 is 2.89 bits per heavy atom. The molecule has 1 aromatic rings. The van der Waals surface area contributed by atoms with Gasteiger partial charge in [-0.05, 0) is 25.0 Å². The topological polar surface area (TPSA) is 77.2 Å². The minimum atomic E-state index is -0.503. The van der Waals surface area contributed by atoms with Crippen LogP contribution in [0.15, 0.2) is 18.3 Å². The van der Waals surface area contributed by atoms with E-state index in [1.165, 1.54) is 0 Å². The molecule has 1 amide bonds. The number of rotatable bonds is 6. The van der Waals surface area contributed by atoms with Crippen LogP contribution in [0.4, 0.5) is 0 Å². The SMILES string of the molecule is CCC(C)(CN)C(=O)NCc1ccnc(OC)c1. The second kappa shape index (κ2) is 6.35. The molecule has 0 saturated carbocycles. The maximum absolute atomic E-state index is 12.0. The summed E-state index contributed by atoms with van der Waals surface area (Å²) < 4.78 is 5.03. The van der Waals surface area contributed by atoms with E-state index in [2.05, 4.69) is 10.3 Å². The standard InChI is InChI=1S/C13H21N3O2/c1-4-13(2,9-14)12(17)16-8-10-5-6-15-11(7-10)18-3/h5-7H,4,8-9,14H2,1-3H3,(H,16,17). The molecule has 1 unspecified atom stereocenters. The Balaban J connectivity index is 2.62. The highest BCUT2D eigenvalue weighted by Crippen LogP contribution is 2.19. The van der Waals surface area contributed by atoms with Crippen molar-refractivity contribution < 1.29 is 9.53 Å². The van der Waals surface area contributed by atoms with E-state index < -0.39 is 5.41 Å². The molecular formula is C13H21N3O2. The molecule has 1 heterocycles. The van der Waals surface area contributed by atoms with Crippen LogP contribution in [0.2, 0.25) is 0 Å². The summed E-state index contributed by atoms with van der Waals surface area (Å²) >= 11 is 0. The molecule has 5 heteroatoms. The van der Waals surface area contributed by atoms with Gasteiger partial charge in [0.05, 0.1) is 12.5 Å². The number of aromatic nitrogens is 1. The first-order chi connectivity index (χ1) is 8.55. The number of amides is 1. The van der Waals surface area contributed by atoms with E-state index in [9.17, 15) is 4.79 Å². The van der Waals surface area contributed by atoms with Crippen molar-refractivity contribution in [1.82, 2.24) is 10.3 Å². The maximum Gasteiger partial charge on any atom is 0.227 e. The molecule has 0 bridgehead atoms. The van der Waals surface area contributed by atoms with Crippen molar-refractivity contribution in [2.45, 2.75) is 26.8 Å². The normalized spacial score (nSPS) is 13.8. The highest BCUT2D eigenvalue weighted by atomic mass is 16.5. The Morgan fingerprint density at radius 2 is 2.33 bits per heavy atom. The number of ether oxygens (including phenoxy) is 1. The molecule has 100 valence electrons. The van der Waals surface area contributed by atoms with Crippen LogP contribution in [0.25, 0.3) is 0 Å². The lowest BCUT2D eigenvalue weighted by atomic mass is 9.86. The van der Waals surface area contributed by atoms with E-state index in [4.69, 9.17) is 10.5 Å². The van der Waals surface area contributed by atoms with E-state index in [0.717, 1.165) is 12.0 Å². The Morgan fingerprint density at radius 1 is 1.61 bits per heavy atom. The van der Waals surface area contributed by atoms with Crippen LogP contribution in [0, 0.1) is 5.41 Å². The van der Waals surface area contributed by atoms with Gasteiger partial charge < -0.3 is 15.8 Å². The van der Waals surface area contributed by atoms with E-state index in [-0.39, 0.29) is 5.91 Å². The summed E-state index contributed by atoms with van der Waals surface area (Å²) in [6.07, 6.45) is 2.37. The molecule has 1 rings (SSSR count). The van der Waals surface area contributed by atoms with Gasteiger partial charge in [0.2, 0.25) is 11.8 Å². The Labute approximate surface area is 108 Å². The predicted octanol–water partition coefficient (Wildman–Crippen LogP) is 1.08. The summed E-state index contributed by atoms with van der Waals surface area (Å²) in [4.78, 5) is 16.0. The fourth-order valence-corrected chi connectivity index (χ4v) is 1.47. The molecule has 0 aliphatic rings. The third-order valence-electron chi connectivity index (χ3n) is 3.24. The highest BCUT2D eigenvalue weighted by molar-refractivity contribution is 5.82. The summed E-state index contributed by atoms with van der Waals surface area (Å²) in [5.74, 6) is 0.516. The fourth-order valence-electron chi connectivity index (χ4n) is 1.47. The van der Waals surface area contributed by atoms with Gasteiger partial charge in [-0.15, -0.1) is 0 Å². The van der Waals surface area contributed by atoms with Crippen LogP contribution < -0.4 is 15.8 Å². The van der Waals surface area contributed by atoms with Gasteiger partial charge in [-0.25, -0.2) is 4.98 Å². The van der Waals surface area contributed by atoms with Gasteiger partial charge in [-0.1, -0.05) is 6.92 Å². The molecule has 0 fully saturated rings. The zero-order valence-corrected chi connectivity index (χ0v) is 11.2. The number of hydrogen-bond donors (Lipinski definition) is 2. The van der Waals surface area contributed by atoms with Gasteiger partial charge in [-0.3, -0.25) is 4.79 Å². The lowest BCUT2D eigenvalue weighted by molar-refractivity contribution is -0.130. The molecule has 0 saturated heterocycles. The van der Waals surface area contributed by atoms with Gasteiger partial charge in [0.1, 0.15) is 0 Å². The van der Waals surface area contributed by atoms with Crippen LogP contribution in [-0.4, -0.2) is 24.5 Å². The Bertz CT molecular complexity index is 403. The van der Waals surface area contributed by atoms with E-state index >= 15 is 0 Å². The van der Waals surface area contributed by atoms with E-state index in [0.29, 0.717) is 19.0 Å². The van der Waals surface area contributed by atoms with Crippen LogP contribution in [0.3, 0.4) is 0 Å². The van der Waals surface area contributed by atoms with Gasteiger partial charge in [0, 0.05) is 25.4 Å². The first kappa shape index (κ1) is 14.4. The van der Waals surface area contributed by atoms with Crippen LogP contribution >= 0.6 is 0 Å². The molecule has 1 aromatic heterocycles. The monoisotopic (exact) mass is 251 g/mol. The summed E-state index contributed by atoms with van der Waals surface area (Å²) in [6.45, 7) is 4.62. The third-order valence-corrected chi connectivity index (χ3v) is 3.24.